The van der Waals surface area contributed by atoms with Crippen molar-refractivity contribution in [2.24, 2.45) is 11.5 Å². The molecule has 3 atom stereocenters. The molecule has 0 bridgehead atoms. The van der Waals surface area contributed by atoms with Gasteiger partial charge in [-0.05, 0) is 38.6 Å². The molecule has 1 aliphatic heterocycles. The van der Waals surface area contributed by atoms with Crippen molar-refractivity contribution < 1.29 is 34.2 Å². The highest BCUT2D eigenvalue weighted by atomic mass is 16.4. The number of carbonyl (C=O) groups excluding carboxylic acids is 3. The molecule has 1 aliphatic rings. The Morgan fingerprint density at radius 3 is 2.28 bits per heavy atom. The van der Waals surface area contributed by atoms with Gasteiger partial charge in [-0.1, -0.05) is 0 Å². The largest absolute Gasteiger partial charge is 0.481 e. The molecule has 0 aromatic carbocycles. The van der Waals surface area contributed by atoms with Gasteiger partial charge in [0.15, 0.2) is 0 Å². The summed E-state index contributed by atoms with van der Waals surface area (Å²) in [6.07, 6.45) is 1.47. The van der Waals surface area contributed by atoms with Crippen LogP contribution in [0.2, 0.25) is 0 Å². The summed E-state index contributed by atoms with van der Waals surface area (Å²) in [6.45, 7) is 0.178. The van der Waals surface area contributed by atoms with Crippen LogP contribution in [0.5, 0.6) is 0 Å². The molecule has 12 heteroatoms. The minimum absolute atomic E-state index is 0.191. The van der Waals surface area contributed by atoms with Gasteiger partial charge in [0.1, 0.15) is 18.1 Å². The molecule has 0 spiro atoms. The molecule has 1 saturated heterocycles. The van der Waals surface area contributed by atoms with Crippen LogP contribution in [0.4, 0.5) is 0 Å². The first-order valence-corrected chi connectivity index (χ1v) is 9.46. The number of carboxylic acids is 2. The summed E-state index contributed by atoms with van der Waals surface area (Å²) in [7, 11) is 0. The Morgan fingerprint density at radius 2 is 1.72 bits per heavy atom. The molecule has 1 fully saturated rings. The topological polar surface area (TPSA) is 205 Å². The van der Waals surface area contributed by atoms with E-state index in [2.05, 4.69) is 10.6 Å². The minimum Gasteiger partial charge on any atom is -0.481 e. The van der Waals surface area contributed by atoms with Crippen LogP contribution < -0.4 is 22.1 Å². The van der Waals surface area contributed by atoms with Crippen LogP contribution in [0, 0.1) is 0 Å². The summed E-state index contributed by atoms with van der Waals surface area (Å²) in [5.74, 6) is -4.54. The lowest BCUT2D eigenvalue weighted by atomic mass is 10.1. The first-order chi connectivity index (χ1) is 13.7. The predicted molar refractivity (Wildman–Crippen MR) is 100 cm³/mol. The number of carboxylic acid groups (broad SMARTS) is 2. The molecular formula is C17H29N5O7. The van der Waals surface area contributed by atoms with E-state index in [9.17, 15) is 29.1 Å². The van der Waals surface area contributed by atoms with E-state index < -0.39 is 60.8 Å². The van der Waals surface area contributed by atoms with Gasteiger partial charge in [0.2, 0.25) is 17.7 Å². The summed E-state index contributed by atoms with van der Waals surface area (Å²) in [6, 6.07) is -3.42. The van der Waals surface area contributed by atoms with Crippen LogP contribution in [-0.2, 0) is 24.0 Å². The van der Waals surface area contributed by atoms with E-state index in [1.807, 2.05) is 0 Å². The van der Waals surface area contributed by atoms with Gasteiger partial charge < -0.3 is 37.2 Å². The second-order valence-corrected chi connectivity index (χ2v) is 6.80. The van der Waals surface area contributed by atoms with Gasteiger partial charge in [0, 0.05) is 6.54 Å². The summed E-state index contributed by atoms with van der Waals surface area (Å²) < 4.78 is 0. The summed E-state index contributed by atoms with van der Waals surface area (Å²) in [5.41, 5.74) is 10.6. The van der Waals surface area contributed by atoms with E-state index in [1.54, 1.807) is 0 Å². The number of likely N-dealkylation sites (tertiary alicyclic amines) is 1. The number of nitrogens with zero attached hydrogens (tertiary/aromatic N) is 1. The molecule has 1 rings (SSSR count). The Kier molecular flexibility index (Phi) is 10.0. The van der Waals surface area contributed by atoms with Gasteiger partial charge in [-0.15, -0.1) is 0 Å². The summed E-state index contributed by atoms with van der Waals surface area (Å²) in [4.78, 5) is 60.5. The molecule has 0 aromatic heterocycles. The average Bonchev–Trinajstić information content (AvgIpc) is 3.15. The molecular weight excluding hydrogens is 386 g/mol. The Labute approximate surface area is 168 Å². The van der Waals surface area contributed by atoms with E-state index in [0.717, 1.165) is 0 Å². The average molecular weight is 415 g/mol. The quantitative estimate of drug-likeness (QED) is 0.187. The maximum atomic E-state index is 12.8. The van der Waals surface area contributed by atoms with Crippen molar-refractivity contribution in [3.8, 4) is 0 Å². The van der Waals surface area contributed by atoms with Gasteiger partial charge in [0.25, 0.3) is 0 Å². The number of nitrogens with one attached hydrogen (secondary N) is 2. The SMILES string of the molecule is NCCCCC(NC(=O)C1CCCN1C(=O)C(CC(=O)O)NC(=O)CN)C(=O)O. The van der Waals surface area contributed by atoms with Gasteiger partial charge in [-0.2, -0.15) is 0 Å². The number of unbranched alkanes of at least 4 members (excludes halogenated alkanes) is 1. The van der Waals surface area contributed by atoms with E-state index in [0.29, 0.717) is 32.2 Å². The molecule has 3 amide bonds. The zero-order valence-corrected chi connectivity index (χ0v) is 16.1. The van der Waals surface area contributed by atoms with E-state index in [1.165, 1.54) is 4.90 Å². The molecule has 3 unspecified atom stereocenters. The summed E-state index contributed by atoms with van der Waals surface area (Å²) in [5, 5.41) is 23.0. The summed E-state index contributed by atoms with van der Waals surface area (Å²) >= 11 is 0. The molecule has 29 heavy (non-hydrogen) atoms. The number of amides is 3. The van der Waals surface area contributed by atoms with Gasteiger partial charge in [-0.25, -0.2) is 4.79 Å². The van der Waals surface area contributed by atoms with Gasteiger partial charge in [0.05, 0.1) is 13.0 Å². The number of carbonyl (C=O) groups is 5. The maximum Gasteiger partial charge on any atom is 0.326 e. The molecule has 164 valence electrons. The Hall–Kier alpha value is -2.73. The fourth-order valence-corrected chi connectivity index (χ4v) is 3.15. The molecule has 1 heterocycles. The van der Waals surface area contributed by atoms with Crippen LogP contribution in [0.25, 0.3) is 0 Å². The monoisotopic (exact) mass is 415 g/mol. The first kappa shape index (κ1) is 24.3. The third-order valence-electron chi connectivity index (χ3n) is 4.60. The second-order valence-electron chi connectivity index (χ2n) is 6.80. The fraction of sp³-hybridized carbons (Fsp3) is 0.706. The molecule has 0 saturated carbocycles. The molecule has 0 aromatic rings. The van der Waals surface area contributed by atoms with E-state index in [4.69, 9.17) is 16.6 Å². The lowest BCUT2D eigenvalue weighted by Crippen LogP contribution is -2.56. The van der Waals surface area contributed by atoms with Crippen molar-refractivity contribution in [3.05, 3.63) is 0 Å². The number of nitrogens with two attached hydrogens (primary N) is 2. The number of hydrogen-bond acceptors (Lipinski definition) is 7. The van der Waals surface area contributed by atoms with Crippen molar-refractivity contribution in [3.63, 3.8) is 0 Å². The third kappa shape index (κ3) is 7.66. The lowest BCUT2D eigenvalue weighted by molar-refractivity contribution is -0.147. The highest BCUT2D eigenvalue weighted by molar-refractivity contribution is 5.95. The number of aliphatic carboxylic acids is 2. The van der Waals surface area contributed by atoms with Crippen molar-refractivity contribution in [2.75, 3.05) is 19.6 Å². The smallest absolute Gasteiger partial charge is 0.326 e. The second kappa shape index (κ2) is 12.0. The van der Waals surface area contributed by atoms with Crippen LogP contribution in [0.3, 0.4) is 0 Å². The van der Waals surface area contributed by atoms with Gasteiger partial charge in [-0.3, -0.25) is 19.2 Å². The predicted octanol–water partition coefficient (Wildman–Crippen LogP) is -2.41. The van der Waals surface area contributed by atoms with Crippen molar-refractivity contribution in [2.45, 2.75) is 56.7 Å². The van der Waals surface area contributed by atoms with E-state index >= 15 is 0 Å². The third-order valence-corrected chi connectivity index (χ3v) is 4.60. The lowest BCUT2D eigenvalue weighted by Gasteiger charge is -2.29. The highest BCUT2D eigenvalue weighted by Crippen LogP contribution is 2.20. The van der Waals surface area contributed by atoms with Gasteiger partial charge >= 0.3 is 11.9 Å². The maximum absolute atomic E-state index is 12.8. The molecule has 8 N–H and O–H groups in total. The molecule has 0 radical (unpaired) electrons. The number of rotatable bonds is 12. The van der Waals surface area contributed by atoms with Crippen LogP contribution in [0.1, 0.15) is 38.5 Å². The first-order valence-electron chi connectivity index (χ1n) is 9.46. The Bertz CT molecular complexity index is 627. The van der Waals surface area contributed by atoms with Crippen molar-refractivity contribution >= 4 is 29.7 Å². The number of hydrogen-bond donors (Lipinski definition) is 6. The van der Waals surface area contributed by atoms with Crippen molar-refractivity contribution in [1.29, 1.82) is 0 Å². The zero-order chi connectivity index (χ0) is 22.0. The van der Waals surface area contributed by atoms with Crippen molar-refractivity contribution in [1.82, 2.24) is 15.5 Å². The zero-order valence-electron chi connectivity index (χ0n) is 16.1. The molecule has 0 aliphatic carbocycles. The highest BCUT2D eigenvalue weighted by Gasteiger charge is 2.39. The molecule has 12 nitrogen and oxygen atoms in total. The fourth-order valence-electron chi connectivity index (χ4n) is 3.15. The van der Waals surface area contributed by atoms with Crippen LogP contribution in [0.15, 0.2) is 0 Å². The standard InChI is InChI=1S/C17H29N5O7/c18-6-2-1-4-10(17(28)29)21-15(26)12-5-3-7-22(12)16(27)11(8-14(24)25)20-13(23)9-19/h10-12H,1-9,18-19H2,(H,20,23)(H,21,26)(H,24,25)(H,28,29). The minimum atomic E-state index is -1.36. The van der Waals surface area contributed by atoms with Crippen LogP contribution >= 0.6 is 0 Å². The van der Waals surface area contributed by atoms with Crippen LogP contribution in [-0.4, -0.2) is 82.5 Å². The Morgan fingerprint density at radius 1 is 1.03 bits per heavy atom. The normalized spacial score (nSPS) is 18.0. The van der Waals surface area contributed by atoms with E-state index in [-0.39, 0.29) is 13.0 Å². The Balaban J connectivity index is 2.85.